The SMILES string of the molecule is CCCCCCNc1ccc2c(c1)NC(=O)C(C)O2. The standard InChI is InChI=1S/C15H22N2O2/c1-3-4-5-6-9-16-12-7-8-14-13(10-12)17-15(18)11(2)19-14/h7-8,10-11,16H,3-6,9H2,1-2H3,(H,17,18). The summed E-state index contributed by atoms with van der Waals surface area (Å²) in [6, 6.07) is 5.82. The maximum Gasteiger partial charge on any atom is 0.265 e. The van der Waals surface area contributed by atoms with E-state index in [0.717, 1.165) is 23.7 Å². The highest BCUT2D eigenvalue weighted by molar-refractivity contribution is 5.98. The van der Waals surface area contributed by atoms with Gasteiger partial charge in [-0.05, 0) is 31.5 Å². The largest absolute Gasteiger partial charge is 0.479 e. The number of hydrogen-bond donors (Lipinski definition) is 2. The van der Waals surface area contributed by atoms with Gasteiger partial charge in [-0.25, -0.2) is 0 Å². The molecule has 4 nitrogen and oxygen atoms in total. The Labute approximate surface area is 114 Å². The molecule has 0 aliphatic carbocycles. The van der Waals surface area contributed by atoms with E-state index in [9.17, 15) is 4.79 Å². The van der Waals surface area contributed by atoms with Crippen molar-refractivity contribution in [3.63, 3.8) is 0 Å². The van der Waals surface area contributed by atoms with Crippen molar-refractivity contribution >= 4 is 17.3 Å². The minimum atomic E-state index is -0.416. The lowest BCUT2D eigenvalue weighted by molar-refractivity contribution is -0.122. The van der Waals surface area contributed by atoms with E-state index < -0.39 is 6.10 Å². The van der Waals surface area contributed by atoms with Crippen molar-refractivity contribution in [1.29, 1.82) is 0 Å². The van der Waals surface area contributed by atoms with E-state index in [1.54, 1.807) is 6.92 Å². The van der Waals surface area contributed by atoms with Crippen molar-refractivity contribution in [2.75, 3.05) is 17.2 Å². The smallest absolute Gasteiger partial charge is 0.265 e. The molecule has 1 aliphatic rings. The van der Waals surface area contributed by atoms with Crippen LogP contribution in [0.25, 0.3) is 0 Å². The van der Waals surface area contributed by atoms with Crippen LogP contribution in [0.3, 0.4) is 0 Å². The molecule has 1 amide bonds. The molecule has 1 aromatic rings. The molecule has 1 unspecified atom stereocenters. The van der Waals surface area contributed by atoms with Gasteiger partial charge >= 0.3 is 0 Å². The highest BCUT2D eigenvalue weighted by Gasteiger charge is 2.23. The average molecular weight is 262 g/mol. The Kier molecular flexibility index (Phi) is 4.66. The lowest BCUT2D eigenvalue weighted by Gasteiger charge is -2.23. The first kappa shape index (κ1) is 13.7. The highest BCUT2D eigenvalue weighted by atomic mass is 16.5. The van der Waals surface area contributed by atoms with E-state index in [-0.39, 0.29) is 5.91 Å². The average Bonchev–Trinajstić information content (AvgIpc) is 2.40. The fraction of sp³-hybridized carbons (Fsp3) is 0.533. The summed E-state index contributed by atoms with van der Waals surface area (Å²) in [7, 11) is 0. The summed E-state index contributed by atoms with van der Waals surface area (Å²) in [5, 5.41) is 6.23. The number of rotatable bonds is 6. The Hall–Kier alpha value is -1.71. The number of hydrogen-bond acceptors (Lipinski definition) is 3. The van der Waals surface area contributed by atoms with Crippen LogP contribution in [0.1, 0.15) is 39.5 Å². The Balaban J connectivity index is 1.90. The maximum absolute atomic E-state index is 11.5. The van der Waals surface area contributed by atoms with Crippen LogP contribution in [0.4, 0.5) is 11.4 Å². The molecule has 0 aromatic heterocycles. The summed E-state index contributed by atoms with van der Waals surface area (Å²) >= 11 is 0. The fourth-order valence-corrected chi connectivity index (χ4v) is 2.10. The second-order valence-electron chi connectivity index (χ2n) is 4.95. The van der Waals surface area contributed by atoms with E-state index >= 15 is 0 Å². The summed E-state index contributed by atoms with van der Waals surface area (Å²) in [5.74, 6) is 0.649. The monoisotopic (exact) mass is 262 g/mol. The Morgan fingerprint density at radius 2 is 2.16 bits per heavy atom. The number of unbranched alkanes of at least 4 members (excludes halogenated alkanes) is 3. The minimum Gasteiger partial charge on any atom is -0.479 e. The molecule has 0 radical (unpaired) electrons. The molecule has 4 heteroatoms. The van der Waals surface area contributed by atoms with Crippen LogP contribution in [-0.2, 0) is 4.79 Å². The first-order valence-corrected chi connectivity index (χ1v) is 7.06. The number of amides is 1. The molecule has 2 rings (SSSR count). The molecule has 0 bridgehead atoms. The normalized spacial score (nSPS) is 17.4. The molecule has 0 spiro atoms. The van der Waals surface area contributed by atoms with Crippen molar-refractivity contribution in [1.82, 2.24) is 0 Å². The van der Waals surface area contributed by atoms with Gasteiger partial charge in [0.1, 0.15) is 5.75 Å². The topological polar surface area (TPSA) is 50.4 Å². The lowest BCUT2D eigenvalue weighted by Crippen LogP contribution is -2.34. The summed E-state index contributed by atoms with van der Waals surface area (Å²) in [5.41, 5.74) is 1.77. The van der Waals surface area contributed by atoms with Crippen LogP contribution in [0.5, 0.6) is 5.75 Å². The van der Waals surface area contributed by atoms with Crippen LogP contribution in [0.2, 0.25) is 0 Å². The van der Waals surface area contributed by atoms with Gasteiger partial charge in [0.15, 0.2) is 6.10 Å². The Bertz CT molecular complexity index is 446. The zero-order chi connectivity index (χ0) is 13.7. The van der Waals surface area contributed by atoms with E-state index in [1.165, 1.54) is 25.7 Å². The van der Waals surface area contributed by atoms with Gasteiger partial charge in [0.2, 0.25) is 0 Å². The van der Waals surface area contributed by atoms with Crippen molar-refractivity contribution in [2.45, 2.75) is 45.6 Å². The lowest BCUT2D eigenvalue weighted by atomic mass is 10.2. The third-order valence-electron chi connectivity index (χ3n) is 3.27. The molecular formula is C15H22N2O2. The molecule has 2 N–H and O–H groups in total. The van der Waals surface area contributed by atoms with Crippen LogP contribution in [0.15, 0.2) is 18.2 Å². The molecule has 104 valence electrons. The van der Waals surface area contributed by atoms with Crippen LogP contribution in [-0.4, -0.2) is 18.6 Å². The second-order valence-corrected chi connectivity index (χ2v) is 4.95. The molecule has 0 saturated heterocycles. The van der Waals surface area contributed by atoms with Crippen LogP contribution >= 0.6 is 0 Å². The Morgan fingerprint density at radius 3 is 2.95 bits per heavy atom. The molecular weight excluding hydrogens is 240 g/mol. The molecule has 1 aliphatic heterocycles. The zero-order valence-electron chi connectivity index (χ0n) is 11.7. The minimum absolute atomic E-state index is 0.0902. The fourth-order valence-electron chi connectivity index (χ4n) is 2.10. The van der Waals surface area contributed by atoms with Gasteiger partial charge in [-0.15, -0.1) is 0 Å². The molecule has 1 heterocycles. The van der Waals surface area contributed by atoms with E-state index in [2.05, 4.69) is 17.6 Å². The predicted molar refractivity (Wildman–Crippen MR) is 77.8 cm³/mol. The maximum atomic E-state index is 11.5. The molecule has 1 aromatic carbocycles. The van der Waals surface area contributed by atoms with Crippen LogP contribution in [0, 0.1) is 0 Å². The van der Waals surface area contributed by atoms with Gasteiger partial charge in [-0.3, -0.25) is 4.79 Å². The first-order chi connectivity index (χ1) is 9.20. The zero-order valence-corrected chi connectivity index (χ0v) is 11.7. The molecule has 19 heavy (non-hydrogen) atoms. The van der Waals surface area contributed by atoms with Gasteiger partial charge in [-0.1, -0.05) is 26.2 Å². The number of anilines is 2. The van der Waals surface area contributed by atoms with Gasteiger partial charge in [0.05, 0.1) is 5.69 Å². The molecule has 0 fully saturated rings. The van der Waals surface area contributed by atoms with Gasteiger partial charge in [-0.2, -0.15) is 0 Å². The Morgan fingerprint density at radius 1 is 1.32 bits per heavy atom. The molecule has 1 atom stereocenters. The number of fused-ring (bicyclic) bond motifs is 1. The number of ether oxygens (including phenoxy) is 1. The van der Waals surface area contributed by atoms with Crippen LogP contribution < -0.4 is 15.4 Å². The van der Waals surface area contributed by atoms with Crippen molar-refractivity contribution in [2.24, 2.45) is 0 Å². The number of carbonyl (C=O) groups excluding carboxylic acids is 1. The third-order valence-corrected chi connectivity index (χ3v) is 3.27. The summed E-state index contributed by atoms with van der Waals surface area (Å²) < 4.78 is 5.52. The summed E-state index contributed by atoms with van der Waals surface area (Å²) in [6.07, 6.45) is 4.55. The quantitative estimate of drug-likeness (QED) is 0.772. The second kappa shape index (κ2) is 6.45. The van der Waals surface area contributed by atoms with Gasteiger partial charge in [0, 0.05) is 12.2 Å². The third kappa shape index (κ3) is 3.63. The number of carbonyl (C=O) groups is 1. The van der Waals surface area contributed by atoms with Crippen molar-refractivity contribution in [3.8, 4) is 5.75 Å². The predicted octanol–water partition coefficient (Wildman–Crippen LogP) is 3.40. The van der Waals surface area contributed by atoms with Crippen molar-refractivity contribution < 1.29 is 9.53 Å². The van der Waals surface area contributed by atoms with Crippen molar-refractivity contribution in [3.05, 3.63) is 18.2 Å². The number of benzene rings is 1. The van der Waals surface area contributed by atoms with E-state index in [1.807, 2.05) is 18.2 Å². The number of nitrogens with one attached hydrogen (secondary N) is 2. The van der Waals surface area contributed by atoms with Gasteiger partial charge < -0.3 is 15.4 Å². The summed E-state index contributed by atoms with van der Waals surface area (Å²) in [4.78, 5) is 11.5. The first-order valence-electron chi connectivity index (χ1n) is 7.06. The van der Waals surface area contributed by atoms with E-state index in [0.29, 0.717) is 0 Å². The highest BCUT2D eigenvalue weighted by Crippen LogP contribution is 2.32. The van der Waals surface area contributed by atoms with E-state index in [4.69, 9.17) is 4.74 Å². The van der Waals surface area contributed by atoms with Gasteiger partial charge in [0.25, 0.3) is 5.91 Å². The summed E-state index contributed by atoms with van der Waals surface area (Å²) in [6.45, 7) is 4.92. The molecule has 0 saturated carbocycles.